The predicted octanol–water partition coefficient (Wildman–Crippen LogP) is 2.71. The molecule has 0 saturated heterocycles. The Labute approximate surface area is 106 Å². The summed E-state index contributed by atoms with van der Waals surface area (Å²) < 4.78 is 36.3. The standard InChI is InChI=1S/C11H15ClFNO2S/c1-8(2)17(15,16)6-5-14-11-4-3-9(12)7-10(11)13/h3-4,7-8,14H,5-6H2,1-2H3. The van der Waals surface area contributed by atoms with Crippen molar-refractivity contribution in [1.82, 2.24) is 0 Å². The zero-order chi connectivity index (χ0) is 13.1. The summed E-state index contributed by atoms with van der Waals surface area (Å²) in [6.07, 6.45) is 0. The number of benzene rings is 1. The van der Waals surface area contributed by atoms with Crippen LogP contribution in [0.15, 0.2) is 18.2 Å². The number of hydrogen-bond acceptors (Lipinski definition) is 3. The Morgan fingerprint density at radius 3 is 2.59 bits per heavy atom. The summed E-state index contributed by atoms with van der Waals surface area (Å²) in [6, 6.07) is 4.21. The molecule has 0 amide bonds. The lowest BCUT2D eigenvalue weighted by molar-refractivity contribution is 0.587. The van der Waals surface area contributed by atoms with Gasteiger partial charge in [-0.05, 0) is 32.0 Å². The highest BCUT2D eigenvalue weighted by Crippen LogP contribution is 2.18. The van der Waals surface area contributed by atoms with Crippen LogP contribution in [0.3, 0.4) is 0 Å². The fraction of sp³-hybridized carbons (Fsp3) is 0.455. The van der Waals surface area contributed by atoms with Crippen molar-refractivity contribution in [3.05, 3.63) is 29.0 Å². The van der Waals surface area contributed by atoms with Gasteiger partial charge < -0.3 is 5.32 Å². The van der Waals surface area contributed by atoms with E-state index in [4.69, 9.17) is 11.6 Å². The van der Waals surface area contributed by atoms with Crippen molar-refractivity contribution >= 4 is 27.1 Å². The molecule has 1 rings (SSSR count). The Morgan fingerprint density at radius 2 is 2.06 bits per heavy atom. The van der Waals surface area contributed by atoms with Gasteiger partial charge in [0.05, 0.1) is 16.7 Å². The second kappa shape index (κ2) is 5.69. The maximum Gasteiger partial charge on any atom is 0.154 e. The third-order valence-corrected chi connectivity index (χ3v) is 4.80. The van der Waals surface area contributed by atoms with Crippen LogP contribution in [0.4, 0.5) is 10.1 Å². The molecule has 0 spiro atoms. The van der Waals surface area contributed by atoms with E-state index >= 15 is 0 Å². The van der Waals surface area contributed by atoms with Gasteiger partial charge in [-0.25, -0.2) is 12.8 Å². The third kappa shape index (κ3) is 4.16. The van der Waals surface area contributed by atoms with E-state index in [1.54, 1.807) is 19.9 Å². The minimum Gasteiger partial charge on any atom is -0.382 e. The predicted molar refractivity (Wildman–Crippen MR) is 68.8 cm³/mol. The molecule has 1 aromatic rings. The first kappa shape index (κ1) is 14.3. The van der Waals surface area contributed by atoms with Gasteiger partial charge in [0.1, 0.15) is 5.82 Å². The van der Waals surface area contributed by atoms with Crippen LogP contribution in [0.5, 0.6) is 0 Å². The van der Waals surface area contributed by atoms with Gasteiger partial charge in [0.2, 0.25) is 0 Å². The van der Waals surface area contributed by atoms with Gasteiger partial charge in [0.25, 0.3) is 0 Å². The van der Waals surface area contributed by atoms with Crippen LogP contribution >= 0.6 is 11.6 Å². The summed E-state index contributed by atoms with van der Waals surface area (Å²) in [6.45, 7) is 3.43. The Balaban J connectivity index is 2.58. The Kier molecular flexibility index (Phi) is 4.77. The van der Waals surface area contributed by atoms with Crippen LogP contribution in [0, 0.1) is 5.82 Å². The van der Waals surface area contributed by atoms with Crippen molar-refractivity contribution in [2.45, 2.75) is 19.1 Å². The van der Waals surface area contributed by atoms with Gasteiger partial charge in [-0.2, -0.15) is 0 Å². The Morgan fingerprint density at radius 1 is 1.41 bits per heavy atom. The summed E-state index contributed by atoms with van der Waals surface area (Å²) >= 11 is 5.60. The lowest BCUT2D eigenvalue weighted by Crippen LogP contribution is -2.23. The van der Waals surface area contributed by atoms with Gasteiger partial charge in [-0.15, -0.1) is 0 Å². The number of hydrogen-bond donors (Lipinski definition) is 1. The summed E-state index contributed by atoms with van der Waals surface area (Å²) in [4.78, 5) is 0. The van der Waals surface area contributed by atoms with Gasteiger partial charge >= 0.3 is 0 Å². The number of nitrogens with one attached hydrogen (secondary N) is 1. The van der Waals surface area contributed by atoms with E-state index in [9.17, 15) is 12.8 Å². The molecule has 96 valence electrons. The zero-order valence-electron chi connectivity index (χ0n) is 9.70. The highest BCUT2D eigenvalue weighted by atomic mass is 35.5. The van der Waals surface area contributed by atoms with Crippen LogP contribution in [-0.4, -0.2) is 26.0 Å². The Hall–Kier alpha value is -0.810. The molecule has 6 heteroatoms. The number of anilines is 1. The van der Waals surface area contributed by atoms with Crippen molar-refractivity contribution in [2.24, 2.45) is 0 Å². The average molecular weight is 280 g/mol. The van der Waals surface area contributed by atoms with Crippen molar-refractivity contribution in [2.75, 3.05) is 17.6 Å². The first-order chi connectivity index (χ1) is 7.83. The minimum atomic E-state index is -3.10. The molecule has 0 heterocycles. The number of sulfone groups is 1. The van der Waals surface area contributed by atoms with Crippen molar-refractivity contribution in [1.29, 1.82) is 0 Å². The second-order valence-corrected chi connectivity index (χ2v) is 7.08. The molecule has 0 saturated carbocycles. The first-order valence-corrected chi connectivity index (χ1v) is 7.33. The molecule has 0 aliphatic rings. The third-order valence-electron chi connectivity index (χ3n) is 2.35. The number of halogens is 2. The molecule has 1 aromatic carbocycles. The van der Waals surface area contributed by atoms with Crippen LogP contribution in [0.2, 0.25) is 5.02 Å². The Bertz CT molecular complexity index is 488. The van der Waals surface area contributed by atoms with Crippen LogP contribution in [0.25, 0.3) is 0 Å². The van der Waals surface area contributed by atoms with E-state index < -0.39 is 20.9 Å². The molecule has 0 aliphatic carbocycles. The van der Waals surface area contributed by atoms with Crippen LogP contribution < -0.4 is 5.32 Å². The van der Waals surface area contributed by atoms with E-state index in [1.165, 1.54) is 12.1 Å². The lowest BCUT2D eigenvalue weighted by atomic mass is 10.3. The monoisotopic (exact) mass is 279 g/mol. The molecule has 0 aromatic heterocycles. The average Bonchev–Trinajstić information content (AvgIpc) is 2.21. The quantitative estimate of drug-likeness (QED) is 0.901. The van der Waals surface area contributed by atoms with Crippen molar-refractivity contribution < 1.29 is 12.8 Å². The summed E-state index contributed by atoms with van der Waals surface area (Å²) in [5.74, 6) is -0.508. The second-order valence-electron chi connectivity index (χ2n) is 3.97. The molecule has 0 unspecified atom stereocenters. The summed E-state index contributed by atoms with van der Waals surface area (Å²) in [5.41, 5.74) is 0.258. The molecule has 0 atom stereocenters. The minimum absolute atomic E-state index is 0.0211. The molecule has 0 fully saturated rings. The molecule has 17 heavy (non-hydrogen) atoms. The first-order valence-electron chi connectivity index (χ1n) is 5.23. The molecule has 0 aliphatic heterocycles. The number of rotatable bonds is 5. The molecule has 3 nitrogen and oxygen atoms in total. The fourth-order valence-corrected chi connectivity index (χ4v) is 2.21. The summed E-state index contributed by atoms with van der Waals surface area (Å²) in [7, 11) is -3.10. The lowest BCUT2D eigenvalue weighted by Gasteiger charge is -2.10. The van der Waals surface area contributed by atoms with Crippen LogP contribution in [0.1, 0.15) is 13.8 Å². The van der Waals surface area contributed by atoms with Gasteiger partial charge in [-0.3, -0.25) is 0 Å². The van der Waals surface area contributed by atoms with Gasteiger partial charge in [-0.1, -0.05) is 11.6 Å². The molecular formula is C11H15ClFNO2S. The molecule has 0 radical (unpaired) electrons. The highest BCUT2D eigenvalue weighted by Gasteiger charge is 2.15. The molecular weight excluding hydrogens is 265 g/mol. The van der Waals surface area contributed by atoms with E-state index in [-0.39, 0.29) is 18.0 Å². The van der Waals surface area contributed by atoms with Crippen molar-refractivity contribution in [3.8, 4) is 0 Å². The SMILES string of the molecule is CC(C)S(=O)(=O)CCNc1ccc(Cl)cc1F. The topological polar surface area (TPSA) is 46.2 Å². The molecule has 0 bridgehead atoms. The fourth-order valence-electron chi connectivity index (χ4n) is 1.20. The highest BCUT2D eigenvalue weighted by molar-refractivity contribution is 7.92. The zero-order valence-corrected chi connectivity index (χ0v) is 11.3. The largest absolute Gasteiger partial charge is 0.382 e. The summed E-state index contributed by atoms with van der Waals surface area (Å²) in [5, 5.41) is 2.63. The van der Waals surface area contributed by atoms with E-state index in [0.717, 1.165) is 0 Å². The van der Waals surface area contributed by atoms with Crippen molar-refractivity contribution in [3.63, 3.8) is 0 Å². The van der Waals surface area contributed by atoms with E-state index in [0.29, 0.717) is 5.02 Å². The smallest absolute Gasteiger partial charge is 0.154 e. The van der Waals surface area contributed by atoms with Crippen LogP contribution in [-0.2, 0) is 9.84 Å². The van der Waals surface area contributed by atoms with Gasteiger partial charge in [0, 0.05) is 11.6 Å². The maximum absolute atomic E-state index is 13.3. The molecule has 1 N–H and O–H groups in total. The van der Waals surface area contributed by atoms with E-state index in [2.05, 4.69) is 5.32 Å². The maximum atomic E-state index is 13.3. The van der Waals surface area contributed by atoms with Gasteiger partial charge in [0.15, 0.2) is 9.84 Å². The van der Waals surface area contributed by atoms with E-state index in [1.807, 2.05) is 0 Å². The normalized spacial score (nSPS) is 11.8.